The summed E-state index contributed by atoms with van der Waals surface area (Å²) in [6.07, 6.45) is 3.99. The Morgan fingerprint density at radius 3 is 2.82 bits per heavy atom. The van der Waals surface area contributed by atoms with E-state index in [1.165, 1.54) is 26.4 Å². The van der Waals surface area contributed by atoms with E-state index in [4.69, 9.17) is 4.74 Å². The largest absolute Gasteiger partial charge is 0.464 e. The Morgan fingerprint density at radius 1 is 1.59 bits per heavy atom. The normalized spacial score (nSPS) is 15.5. The van der Waals surface area contributed by atoms with Gasteiger partial charge in [0.15, 0.2) is 10.8 Å². The maximum atomic E-state index is 11.5. The number of aryl methyl sites for hydroxylation is 1. The van der Waals surface area contributed by atoms with Crippen LogP contribution in [-0.2, 0) is 4.74 Å². The van der Waals surface area contributed by atoms with Crippen molar-refractivity contribution in [2.24, 2.45) is 5.92 Å². The summed E-state index contributed by atoms with van der Waals surface area (Å²) >= 11 is 1.56. The molecule has 0 aliphatic heterocycles. The number of methoxy groups -OCH3 is 1. The zero-order chi connectivity index (χ0) is 12.4. The van der Waals surface area contributed by atoms with Crippen LogP contribution in [0.5, 0.6) is 0 Å². The fourth-order valence-corrected chi connectivity index (χ4v) is 2.84. The van der Waals surface area contributed by atoms with Gasteiger partial charge >= 0.3 is 5.97 Å². The van der Waals surface area contributed by atoms with Crippen LogP contribution in [0.1, 0.15) is 34.6 Å². The summed E-state index contributed by atoms with van der Waals surface area (Å²) < 4.78 is 4.71. The Hall–Kier alpha value is -1.10. The Labute approximate surface area is 106 Å². The molecule has 2 rings (SSSR count). The van der Waals surface area contributed by atoms with Crippen molar-refractivity contribution >= 4 is 22.4 Å². The van der Waals surface area contributed by atoms with Gasteiger partial charge in [0.25, 0.3) is 0 Å². The zero-order valence-electron chi connectivity index (χ0n) is 10.5. The number of aromatic nitrogens is 1. The number of nitrogens with zero attached hydrogens (tertiary/aromatic N) is 2. The average molecular weight is 254 g/mol. The average Bonchev–Trinajstić information content (AvgIpc) is 2.64. The maximum absolute atomic E-state index is 11.5. The number of carbonyl (C=O) groups excluding carboxylic acids is 1. The van der Waals surface area contributed by atoms with E-state index in [-0.39, 0.29) is 5.97 Å². The third-order valence-corrected chi connectivity index (χ3v) is 4.33. The van der Waals surface area contributed by atoms with Crippen molar-refractivity contribution in [1.82, 2.24) is 4.98 Å². The minimum Gasteiger partial charge on any atom is -0.464 e. The van der Waals surface area contributed by atoms with Crippen LogP contribution in [-0.4, -0.2) is 31.7 Å². The molecule has 1 fully saturated rings. The highest BCUT2D eigenvalue weighted by atomic mass is 32.1. The quantitative estimate of drug-likeness (QED) is 0.774. The fourth-order valence-electron chi connectivity index (χ4n) is 1.97. The van der Waals surface area contributed by atoms with Gasteiger partial charge in [0.1, 0.15) is 0 Å². The topological polar surface area (TPSA) is 42.4 Å². The predicted octanol–water partition coefficient (Wildman–Crippen LogP) is 2.47. The van der Waals surface area contributed by atoms with Gasteiger partial charge < -0.3 is 9.64 Å². The van der Waals surface area contributed by atoms with Crippen LogP contribution in [0.15, 0.2) is 0 Å². The second kappa shape index (κ2) is 5.04. The van der Waals surface area contributed by atoms with Crippen molar-refractivity contribution in [1.29, 1.82) is 0 Å². The van der Waals surface area contributed by atoms with E-state index in [2.05, 4.69) is 9.88 Å². The summed E-state index contributed by atoms with van der Waals surface area (Å²) in [4.78, 5) is 18.9. The molecule has 5 heteroatoms. The summed E-state index contributed by atoms with van der Waals surface area (Å²) in [6, 6.07) is 0. The van der Waals surface area contributed by atoms with Gasteiger partial charge in [-0.2, -0.15) is 0 Å². The van der Waals surface area contributed by atoms with E-state index in [9.17, 15) is 4.79 Å². The van der Waals surface area contributed by atoms with Crippen molar-refractivity contribution in [2.75, 3.05) is 25.6 Å². The van der Waals surface area contributed by atoms with E-state index < -0.39 is 0 Å². The SMILES string of the molecule is COC(=O)c1nc(N(C)CC2CCC2)sc1C. The molecule has 0 bridgehead atoms. The maximum Gasteiger partial charge on any atom is 0.357 e. The number of anilines is 1. The van der Waals surface area contributed by atoms with Gasteiger partial charge in [0.05, 0.1) is 7.11 Å². The minimum atomic E-state index is -0.345. The first-order valence-electron chi connectivity index (χ1n) is 5.88. The molecule has 1 aromatic heterocycles. The van der Waals surface area contributed by atoms with Crippen molar-refractivity contribution in [3.8, 4) is 0 Å². The van der Waals surface area contributed by atoms with Crippen LogP contribution in [0.3, 0.4) is 0 Å². The first-order chi connectivity index (χ1) is 8.11. The number of thiazole rings is 1. The van der Waals surface area contributed by atoms with E-state index in [0.29, 0.717) is 5.69 Å². The van der Waals surface area contributed by atoms with E-state index in [0.717, 1.165) is 22.5 Å². The predicted molar refractivity (Wildman–Crippen MR) is 68.8 cm³/mol. The number of carbonyl (C=O) groups is 1. The molecule has 94 valence electrons. The third kappa shape index (κ3) is 2.60. The Balaban J connectivity index is 2.07. The molecule has 1 saturated carbocycles. The van der Waals surface area contributed by atoms with Crippen molar-refractivity contribution in [3.05, 3.63) is 10.6 Å². The standard InChI is InChI=1S/C12H18N2O2S/c1-8-10(11(15)16-3)13-12(17-8)14(2)7-9-5-4-6-9/h9H,4-7H2,1-3H3. The second-order valence-electron chi connectivity index (χ2n) is 4.57. The molecule has 1 aliphatic rings. The third-order valence-electron chi connectivity index (χ3n) is 3.25. The van der Waals surface area contributed by atoms with Gasteiger partial charge in [-0.25, -0.2) is 9.78 Å². The fraction of sp³-hybridized carbons (Fsp3) is 0.667. The van der Waals surface area contributed by atoms with Gasteiger partial charge in [-0.3, -0.25) is 0 Å². The summed E-state index contributed by atoms with van der Waals surface area (Å²) in [7, 11) is 3.43. The van der Waals surface area contributed by atoms with Crippen LogP contribution in [0.4, 0.5) is 5.13 Å². The lowest BCUT2D eigenvalue weighted by molar-refractivity contribution is 0.0594. The smallest absolute Gasteiger partial charge is 0.357 e. The Bertz CT molecular complexity index is 413. The first-order valence-corrected chi connectivity index (χ1v) is 6.70. The van der Waals surface area contributed by atoms with Crippen LogP contribution in [0.25, 0.3) is 0 Å². The molecule has 1 heterocycles. The highest BCUT2D eigenvalue weighted by molar-refractivity contribution is 7.15. The molecule has 0 radical (unpaired) electrons. The molecule has 4 nitrogen and oxygen atoms in total. The molecule has 1 aliphatic carbocycles. The monoisotopic (exact) mass is 254 g/mol. The Kier molecular flexibility index (Phi) is 3.66. The van der Waals surface area contributed by atoms with Crippen molar-refractivity contribution in [3.63, 3.8) is 0 Å². The zero-order valence-corrected chi connectivity index (χ0v) is 11.3. The lowest BCUT2D eigenvalue weighted by Gasteiger charge is -2.29. The lowest BCUT2D eigenvalue weighted by atomic mass is 9.85. The molecule has 0 spiro atoms. The van der Waals surface area contributed by atoms with Crippen LogP contribution < -0.4 is 4.90 Å². The molecular formula is C12H18N2O2S. The molecule has 0 saturated heterocycles. The molecule has 0 unspecified atom stereocenters. The van der Waals surface area contributed by atoms with E-state index in [1.54, 1.807) is 11.3 Å². The number of hydrogen-bond acceptors (Lipinski definition) is 5. The van der Waals surface area contributed by atoms with Gasteiger partial charge in [-0.1, -0.05) is 6.42 Å². The molecule has 0 N–H and O–H groups in total. The number of ether oxygens (including phenoxy) is 1. The molecule has 0 amide bonds. The van der Waals surface area contributed by atoms with Gasteiger partial charge in [0, 0.05) is 18.5 Å². The number of rotatable bonds is 4. The molecule has 0 aromatic carbocycles. The van der Waals surface area contributed by atoms with E-state index in [1.807, 2.05) is 14.0 Å². The summed E-state index contributed by atoms with van der Waals surface area (Å²) in [6.45, 7) is 2.94. The van der Waals surface area contributed by atoms with Crippen LogP contribution in [0, 0.1) is 12.8 Å². The van der Waals surface area contributed by atoms with Gasteiger partial charge in [-0.15, -0.1) is 11.3 Å². The van der Waals surface area contributed by atoms with Crippen molar-refractivity contribution < 1.29 is 9.53 Å². The van der Waals surface area contributed by atoms with E-state index >= 15 is 0 Å². The van der Waals surface area contributed by atoms with Crippen molar-refractivity contribution in [2.45, 2.75) is 26.2 Å². The van der Waals surface area contributed by atoms with Crippen LogP contribution in [0.2, 0.25) is 0 Å². The first kappa shape index (κ1) is 12.4. The molecule has 0 atom stereocenters. The van der Waals surface area contributed by atoms with Gasteiger partial charge in [-0.05, 0) is 25.7 Å². The van der Waals surface area contributed by atoms with Crippen LogP contribution >= 0.6 is 11.3 Å². The lowest BCUT2D eigenvalue weighted by Crippen LogP contribution is -2.29. The molecule has 17 heavy (non-hydrogen) atoms. The summed E-state index contributed by atoms with van der Waals surface area (Å²) in [5, 5.41) is 0.912. The number of hydrogen-bond donors (Lipinski definition) is 0. The number of esters is 1. The molecule has 1 aromatic rings. The highest BCUT2D eigenvalue weighted by Gasteiger charge is 2.22. The minimum absolute atomic E-state index is 0.345. The summed E-state index contributed by atoms with van der Waals surface area (Å²) in [5.74, 6) is 0.452. The Morgan fingerprint density at radius 2 is 2.29 bits per heavy atom. The summed E-state index contributed by atoms with van der Waals surface area (Å²) in [5.41, 5.74) is 0.452. The second-order valence-corrected chi connectivity index (χ2v) is 5.75. The van der Waals surface area contributed by atoms with Gasteiger partial charge in [0.2, 0.25) is 0 Å². The highest BCUT2D eigenvalue weighted by Crippen LogP contribution is 2.30. The molecular weight excluding hydrogens is 236 g/mol.